The van der Waals surface area contributed by atoms with Gasteiger partial charge in [0.1, 0.15) is 17.8 Å². The van der Waals surface area contributed by atoms with Crippen LogP contribution >= 0.6 is 0 Å². The van der Waals surface area contributed by atoms with Gasteiger partial charge in [-0.25, -0.2) is 22.8 Å². The first kappa shape index (κ1) is 32.6. The zero-order valence-corrected chi connectivity index (χ0v) is 28.3. The Labute approximate surface area is 280 Å². The number of carbonyl (C=O) groups excluding carboxylic acids is 1. The van der Waals surface area contributed by atoms with E-state index in [4.69, 9.17) is 14.7 Å². The average Bonchev–Trinajstić information content (AvgIpc) is 3.55. The van der Waals surface area contributed by atoms with E-state index >= 15 is 0 Å². The zero-order valence-electron chi connectivity index (χ0n) is 27.5. The molecule has 0 saturated carbocycles. The maximum absolute atomic E-state index is 14.6. The maximum Gasteiger partial charge on any atom is 0.246 e. The van der Waals surface area contributed by atoms with E-state index in [1.54, 1.807) is 12.3 Å². The predicted molar refractivity (Wildman–Crippen MR) is 183 cm³/mol. The first-order chi connectivity index (χ1) is 23.2. The third kappa shape index (κ3) is 5.97. The Morgan fingerprint density at radius 3 is 2.62 bits per heavy atom. The molecule has 0 aliphatic carbocycles. The Bertz CT molecular complexity index is 1800. The molecule has 3 aromatic heterocycles. The molecule has 1 N–H and O–H groups in total. The Morgan fingerprint density at radius 1 is 1.02 bits per heavy atom. The summed E-state index contributed by atoms with van der Waals surface area (Å²) in [7, 11) is -1.61. The summed E-state index contributed by atoms with van der Waals surface area (Å²) in [5.74, 6) is 1.43. The van der Waals surface area contributed by atoms with Crippen LogP contribution in [0.4, 0.5) is 27.7 Å². The Kier molecular flexibility index (Phi) is 8.96. The number of anilines is 4. The molecule has 3 aromatic rings. The molecular weight excluding hydrogens is 635 g/mol. The van der Waals surface area contributed by atoms with Gasteiger partial charge in [-0.3, -0.25) is 9.78 Å². The van der Waals surface area contributed by atoms with Crippen molar-refractivity contribution >= 4 is 49.8 Å². The first-order valence-corrected chi connectivity index (χ1v) is 18.5. The van der Waals surface area contributed by atoms with E-state index < -0.39 is 22.1 Å². The van der Waals surface area contributed by atoms with Gasteiger partial charge in [0, 0.05) is 62.4 Å². The molecule has 4 aliphatic heterocycles. The van der Waals surface area contributed by atoms with Crippen molar-refractivity contribution in [1.82, 2.24) is 24.8 Å². The zero-order chi connectivity index (χ0) is 33.6. The van der Waals surface area contributed by atoms with Gasteiger partial charge in [0.25, 0.3) is 0 Å². The van der Waals surface area contributed by atoms with Crippen molar-refractivity contribution in [3.05, 3.63) is 49.1 Å². The highest BCUT2D eigenvalue weighted by Gasteiger charge is 2.45. The van der Waals surface area contributed by atoms with E-state index in [2.05, 4.69) is 26.8 Å². The van der Waals surface area contributed by atoms with E-state index in [0.717, 1.165) is 54.3 Å². The van der Waals surface area contributed by atoms with Crippen molar-refractivity contribution in [2.75, 3.05) is 55.0 Å². The average molecular weight is 679 g/mol. The van der Waals surface area contributed by atoms with Crippen LogP contribution in [0, 0.1) is 5.92 Å². The third-order valence-electron chi connectivity index (χ3n) is 10.6. The van der Waals surface area contributed by atoms with E-state index in [1.165, 1.54) is 13.2 Å². The minimum absolute atomic E-state index is 0.0804. The summed E-state index contributed by atoms with van der Waals surface area (Å²) >= 11 is 0. The number of hydrogen-bond donors (Lipinski definition) is 1. The molecule has 0 aromatic carbocycles. The normalized spacial score (nSPS) is 27.6. The lowest BCUT2D eigenvalue weighted by atomic mass is 9.91. The highest BCUT2D eigenvalue weighted by Crippen LogP contribution is 2.42. The number of nitrogens with one attached hydrogen (secondary N) is 1. The number of fused-ring (bicyclic) bond motifs is 1. The number of sulfone groups is 1. The number of amides is 1. The second-order valence-electron chi connectivity index (χ2n) is 13.5. The van der Waals surface area contributed by atoms with Crippen LogP contribution in [0.3, 0.4) is 0 Å². The third-order valence-corrected chi connectivity index (χ3v) is 13.5. The van der Waals surface area contributed by atoms with Gasteiger partial charge in [0.05, 0.1) is 46.8 Å². The number of nitrogens with zero attached hydrogens (tertiary/aromatic N) is 7. The van der Waals surface area contributed by atoms with Crippen LogP contribution < -0.4 is 15.1 Å². The van der Waals surface area contributed by atoms with Crippen LogP contribution in [-0.4, -0.2) is 102 Å². The summed E-state index contributed by atoms with van der Waals surface area (Å²) in [6, 6.07) is 3.46. The lowest BCUT2D eigenvalue weighted by molar-refractivity contribution is -0.126. The molecule has 1 amide bonds. The molecule has 0 radical (unpaired) electrons. The number of likely N-dealkylation sites (tertiary alicyclic amines) is 1. The summed E-state index contributed by atoms with van der Waals surface area (Å²) in [5, 5.41) is 4.45. The molecule has 0 bridgehead atoms. The number of piperidine rings is 1. The van der Waals surface area contributed by atoms with Gasteiger partial charge in [-0.2, -0.15) is 4.98 Å². The van der Waals surface area contributed by atoms with Gasteiger partial charge < -0.3 is 24.8 Å². The number of aromatic nitrogens is 4. The summed E-state index contributed by atoms with van der Waals surface area (Å²) in [5.41, 5.74) is 1.68. The van der Waals surface area contributed by atoms with Gasteiger partial charge in [-0.1, -0.05) is 13.0 Å². The quantitative estimate of drug-likeness (QED) is 0.341. The smallest absolute Gasteiger partial charge is 0.246 e. The maximum atomic E-state index is 14.6. The fourth-order valence-corrected chi connectivity index (χ4v) is 10.2. The van der Waals surface area contributed by atoms with Gasteiger partial charge in [0.15, 0.2) is 9.84 Å². The van der Waals surface area contributed by atoms with Crippen molar-refractivity contribution in [2.45, 2.75) is 74.3 Å². The van der Waals surface area contributed by atoms with E-state index in [1.807, 2.05) is 35.2 Å². The molecular formula is C34H43FN8O4S. The number of carbonyl (C=O) groups is 1. The van der Waals surface area contributed by atoms with E-state index in [-0.39, 0.29) is 34.9 Å². The molecule has 4 fully saturated rings. The summed E-state index contributed by atoms with van der Waals surface area (Å²) < 4.78 is 46.1. The van der Waals surface area contributed by atoms with Crippen molar-refractivity contribution in [2.24, 2.45) is 5.92 Å². The summed E-state index contributed by atoms with van der Waals surface area (Å²) in [6.07, 6.45) is 9.66. The second-order valence-corrected chi connectivity index (χ2v) is 16.1. The van der Waals surface area contributed by atoms with E-state index in [9.17, 15) is 17.6 Å². The molecule has 3 unspecified atom stereocenters. The van der Waals surface area contributed by atoms with Gasteiger partial charge in [-0.05, 0) is 57.2 Å². The van der Waals surface area contributed by atoms with Gasteiger partial charge in [-0.15, -0.1) is 0 Å². The Morgan fingerprint density at radius 2 is 1.85 bits per heavy atom. The number of alkyl halides is 1. The Hall–Kier alpha value is -3.91. The molecule has 4 aliphatic rings. The second kappa shape index (κ2) is 13.2. The number of hydrogen-bond acceptors (Lipinski definition) is 11. The monoisotopic (exact) mass is 678 g/mol. The fraction of sp³-hybridized carbons (Fsp3) is 0.559. The molecule has 7 rings (SSSR count). The fourth-order valence-electron chi connectivity index (χ4n) is 7.87. The van der Waals surface area contributed by atoms with Gasteiger partial charge in [0.2, 0.25) is 11.9 Å². The molecule has 256 valence electrons. The van der Waals surface area contributed by atoms with Crippen molar-refractivity contribution in [1.29, 1.82) is 0 Å². The molecule has 0 spiro atoms. The number of rotatable bonds is 8. The number of methoxy groups -OCH3 is 1. The lowest BCUT2D eigenvalue weighted by Gasteiger charge is -2.46. The SMILES string of the molecule is C=CC(=O)N1CCCC1c1ncc(N2CC(C3CCCC(C)S3(=O)=O)C2)c2cnc(Nc3ccnc(N4CC[C@@H](OC)[C@@H](F)C4)n3)cc12. The van der Waals surface area contributed by atoms with Crippen LogP contribution in [0.15, 0.2) is 43.4 Å². The predicted octanol–water partition coefficient (Wildman–Crippen LogP) is 4.37. The minimum atomic E-state index is -3.14. The molecule has 7 heterocycles. The van der Waals surface area contributed by atoms with Gasteiger partial charge >= 0.3 is 0 Å². The molecule has 48 heavy (non-hydrogen) atoms. The van der Waals surface area contributed by atoms with Crippen LogP contribution in [-0.2, 0) is 19.4 Å². The van der Waals surface area contributed by atoms with Crippen LogP contribution in [0.25, 0.3) is 10.8 Å². The molecule has 14 heteroatoms. The molecule has 4 saturated heterocycles. The standard InChI is InChI=1S/C34H43FN8O4S/c1-4-32(44)43-13-6-8-26(43)33-23-15-31(39-30-10-12-36-34(40-30)41-14-11-28(47-3)25(35)20-41)37-16-24(23)27(17-38-33)42-18-22(19-42)29-9-5-7-21(2)48(29,45)46/h4,10,12,15-17,21-22,25-26,28-29H,1,5-9,11,13-14,18-20H2,2-3H3,(H,36,37,39,40)/t21?,25-,26?,28+,29?/m0/s1. The lowest BCUT2D eigenvalue weighted by Crippen LogP contribution is -2.56. The Balaban J connectivity index is 1.18. The van der Waals surface area contributed by atoms with Crippen molar-refractivity contribution in [3.8, 4) is 0 Å². The van der Waals surface area contributed by atoms with Crippen molar-refractivity contribution < 1.29 is 22.3 Å². The van der Waals surface area contributed by atoms with Crippen LogP contribution in [0.5, 0.6) is 0 Å². The first-order valence-electron chi connectivity index (χ1n) is 16.9. The molecule has 5 atom stereocenters. The number of pyridine rings is 2. The highest BCUT2D eigenvalue weighted by molar-refractivity contribution is 7.92. The number of halogens is 1. The minimum Gasteiger partial charge on any atom is -0.378 e. The topological polar surface area (TPSA) is 134 Å². The largest absolute Gasteiger partial charge is 0.378 e. The van der Waals surface area contributed by atoms with E-state index in [0.29, 0.717) is 50.2 Å². The van der Waals surface area contributed by atoms with Crippen LogP contribution in [0.1, 0.15) is 57.2 Å². The summed E-state index contributed by atoms with van der Waals surface area (Å²) in [4.78, 5) is 37.4. The highest BCUT2D eigenvalue weighted by atomic mass is 32.2. The number of ether oxygens (including phenoxy) is 1. The van der Waals surface area contributed by atoms with Crippen LogP contribution in [0.2, 0.25) is 0 Å². The summed E-state index contributed by atoms with van der Waals surface area (Å²) in [6.45, 7) is 8.18. The molecule has 12 nitrogen and oxygen atoms in total. The van der Waals surface area contributed by atoms with Crippen molar-refractivity contribution in [3.63, 3.8) is 0 Å².